The van der Waals surface area contributed by atoms with E-state index in [1.54, 1.807) is 12.3 Å². The number of hydrogen-bond acceptors (Lipinski definition) is 4. The average Bonchev–Trinajstić information content (AvgIpc) is 3.57. The highest BCUT2D eigenvalue weighted by atomic mass is 35.5. The van der Waals surface area contributed by atoms with Crippen molar-refractivity contribution in [2.45, 2.75) is 52.5 Å². The van der Waals surface area contributed by atoms with Gasteiger partial charge in [0, 0.05) is 43.0 Å². The van der Waals surface area contributed by atoms with E-state index in [2.05, 4.69) is 10.3 Å². The van der Waals surface area contributed by atoms with Crippen LogP contribution in [0.25, 0.3) is 11.3 Å². The molecule has 2 aliphatic rings. The fraction of sp³-hybridized carbons (Fsp3) is 0.414. The van der Waals surface area contributed by atoms with Crippen molar-refractivity contribution in [2.75, 3.05) is 18.4 Å². The van der Waals surface area contributed by atoms with Crippen molar-refractivity contribution in [3.05, 3.63) is 76.8 Å². The summed E-state index contributed by atoms with van der Waals surface area (Å²) in [6, 6.07) is 14.3. The molecular formula is C29H34ClFN4O. The molecule has 3 heterocycles. The number of halogens is 2. The lowest BCUT2D eigenvalue weighted by molar-refractivity contribution is -0.134. The molecule has 1 amide bonds. The van der Waals surface area contributed by atoms with Crippen LogP contribution >= 0.6 is 11.6 Å². The minimum atomic E-state index is -0.254. The van der Waals surface area contributed by atoms with Gasteiger partial charge in [-0.25, -0.2) is 9.37 Å². The molecule has 2 aromatic heterocycles. The van der Waals surface area contributed by atoms with Gasteiger partial charge in [0.25, 0.3) is 0 Å². The van der Waals surface area contributed by atoms with Crippen molar-refractivity contribution in [3.8, 4) is 11.3 Å². The number of likely N-dealkylation sites (tertiary alicyclic amines) is 1. The first-order valence-electron chi connectivity index (χ1n) is 12.4. The minimum Gasteiger partial charge on any atom is -0.366 e. The van der Waals surface area contributed by atoms with Crippen molar-refractivity contribution in [3.63, 3.8) is 0 Å². The van der Waals surface area contributed by atoms with Crippen molar-refractivity contribution in [1.82, 2.24) is 14.9 Å². The molecule has 1 aliphatic heterocycles. The summed E-state index contributed by atoms with van der Waals surface area (Å²) in [5.41, 5.74) is 3.42. The number of nitrogens with zero attached hydrogens (tertiary/aromatic N) is 3. The molecule has 5 rings (SSSR count). The van der Waals surface area contributed by atoms with Gasteiger partial charge in [0.05, 0.1) is 10.7 Å². The topological polar surface area (TPSA) is 58.1 Å². The second-order valence-electron chi connectivity index (χ2n) is 9.66. The van der Waals surface area contributed by atoms with Crippen LogP contribution in [0.15, 0.2) is 54.7 Å². The van der Waals surface area contributed by atoms with E-state index < -0.39 is 0 Å². The van der Waals surface area contributed by atoms with E-state index in [0.717, 1.165) is 74.1 Å². The van der Waals surface area contributed by atoms with Gasteiger partial charge in [0.15, 0.2) is 0 Å². The lowest BCUT2D eigenvalue weighted by atomic mass is 9.98. The summed E-state index contributed by atoms with van der Waals surface area (Å²) < 4.78 is 13.5. The summed E-state index contributed by atoms with van der Waals surface area (Å²) in [7, 11) is 0. The van der Waals surface area contributed by atoms with E-state index in [0.29, 0.717) is 29.2 Å². The Kier molecular flexibility index (Phi) is 8.57. The third-order valence-corrected chi connectivity index (χ3v) is 7.41. The van der Waals surface area contributed by atoms with E-state index >= 15 is 0 Å². The number of anilines is 1. The quantitative estimate of drug-likeness (QED) is 0.383. The van der Waals surface area contributed by atoms with Crippen molar-refractivity contribution in [1.29, 1.82) is 0 Å². The predicted molar refractivity (Wildman–Crippen MR) is 143 cm³/mol. The molecule has 0 bridgehead atoms. The Morgan fingerprint density at radius 2 is 1.92 bits per heavy atom. The smallest absolute Gasteiger partial charge is 0.225 e. The molecule has 1 saturated heterocycles. The highest BCUT2D eigenvalue weighted by Gasteiger charge is 2.33. The number of nitrogens with one attached hydrogen (secondary N) is 1. The Labute approximate surface area is 218 Å². The largest absolute Gasteiger partial charge is 0.366 e. The standard InChI is InChI=1S/C28H30ClFN4O.CH4/c29-25-18-31-23(15-19-9-10-21(13-19)28(35)34-11-1-2-12-34)16-24(25)26-7-4-8-27(33-26)32-17-20-5-3-6-22(30)14-20;/h3-8,14,16,18-19,21H,1-2,9-13,15,17H2,(H,32,33);1H4/t19-,21+;/m1./s1. The molecule has 1 aromatic carbocycles. The lowest BCUT2D eigenvalue weighted by Gasteiger charge is -2.20. The summed E-state index contributed by atoms with van der Waals surface area (Å²) >= 11 is 6.51. The second kappa shape index (κ2) is 11.8. The molecular weight excluding hydrogens is 475 g/mol. The van der Waals surface area contributed by atoms with Crippen LogP contribution in [0.2, 0.25) is 5.02 Å². The molecule has 0 radical (unpaired) electrons. The average molecular weight is 509 g/mol. The number of carbonyl (C=O) groups excluding carboxylic acids is 1. The van der Waals surface area contributed by atoms with Crippen LogP contribution in [0, 0.1) is 17.7 Å². The van der Waals surface area contributed by atoms with Gasteiger partial charge < -0.3 is 10.2 Å². The van der Waals surface area contributed by atoms with Gasteiger partial charge in [0.2, 0.25) is 5.91 Å². The molecule has 3 aromatic rings. The third kappa shape index (κ3) is 6.22. The molecule has 7 heteroatoms. The van der Waals surface area contributed by atoms with Crippen LogP contribution in [0.3, 0.4) is 0 Å². The van der Waals surface area contributed by atoms with Crippen molar-refractivity contribution < 1.29 is 9.18 Å². The van der Waals surface area contributed by atoms with Crippen molar-refractivity contribution in [2.24, 2.45) is 11.8 Å². The molecule has 1 aliphatic carbocycles. The molecule has 1 N–H and O–H groups in total. The zero-order valence-electron chi connectivity index (χ0n) is 19.7. The van der Waals surface area contributed by atoms with Gasteiger partial charge in [-0.1, -0.05) is 37.2 Å². The number of rotatable bonds is 7. The van der Waals surface area contributed by atoms with Crippen molar-refractivity contribution >= 4 is 23.3 Å². The van der Waals surface area contributed by atoms with E-state index in [4.69, 9.17) is 16.6 Å². The molecule has 1 saturated carbocycles. The zero-order valence-corrected chi connectivity index (χ0v) is 20.5. The zero-order chi connectivity index (χ0) is 24.2. The third-order valence-electron chi connectivity index (χ3n) is 7.11. The molecule has 0 unspecified atom stereocenters. The normalized spacial score (nSPS) is 19.2. The van der Waals surface area contributed by atoms with E-state index in [9.17, 15) is 9.18 Å². The number of aromatic nitrogens is 2. The van der Waals surface area contributed by atoms with E-state index in [-0.39, 0.29) is 19.2 Å². The minimum absolute atomic E-state index is 0. The fourth-order valence-electron chi connectivity index (χ4n) is 5.29. The predicted octanol–water partition coefficient (Wildman–Crippen LogP) is 6.77. The highest BCUT2D eigenvalue weighted by molar-refractivity contribution is 6.33. The van der Waals surface area contributed by atoms with Gasteiger partial charge in [-0.05, 0) is 80.3 Å². The summed E-state index contributed by atoms with van der Waals surface area (Å²) in [5.74, 6) is 1.41. The summed E-state index contributed by atoms with van der Waals surface area (Å²) in [6.07, 6.45) is 7.77. The second-order valence-corrected chi connectivity index (χ2v) is 10.1. The molecule has 2 atom stereocenters. The number of benzene rings is 1. The Bertz CT molecular complexity index is 1200. The summed E-state index contributed by atoms with van der Waals surface area (Å²) in [6.45, 7) is 2.32. The molecule has 36 heavy (non-hydrogen) atoms. The number of carbonyl (C=O) groups is 1. The lowest BCUT2D eigenvalue weighted by Crippen LogP contribution is -2.32. The van der Waals surface area contributed by atoms with Crippen LogP contribution in [0.4, 0.5) is 10.2 Å². The maximum atomic E-state index is 13.5. The van der Waals surface area contributed by atoms with E-state index in [1.165, 1.54) is 12.1 Å². The van der Waals surface area contributed by atoms with Crippen LogP contribution in [0.1, 0.15) is 50.8 Å². The van der Waals surface area contributed by atoms with Crippen LogP contribution < -0.4 is 5.32 Å². The van der Waals surface area contributed by atoms with Crippen LogP contribution in [-0.2, 0) is 17.8 Å². The van der Waals surface area contributed by atoms with Gasteiger partial charge in [-0.15, -0.1) is 0 Å². The van der Waals surface area contributed by atoms with Crippen LogP contribution in [0.5, 0.6) is 0 Å². The maximum Gasteiger partial charge on any atom is 0.225 e. The number of amides is 1. The van der Waals surface area contributed by atoms with Gasteiger partial charge >= 0.3 is 0 Å². The first-order chi connectivity index (χ1) is 17.0. The van der Waals surface area contributed by atoms with Gasteiger partial charge in [-0.2, -0.15) is 0 Å². The highest BCUT2D eigenvalue weighted by Crippen LogP contribution is 2.36. The van der Waals surface area contributed by atoms with Gasteiger partial charge in [0.1, 0.15) is 11.6 Å². The summed E-state index contributed by atoms with van der Waals surface area (Å²) in [5, 5.41) is 3.81. The Morgan fingerprint density at radius 3 is 2.72 bits per heavy atom. The first-order valence-corrected chi connectivity index (χ1v) is 12.8. The van der Waals surface area contributed by atoms with Gasteiger partial charge in [-0.3, -0.25) is 9.78 Å². The Balaban J connectivity index is 0.00000304. The number of hydrogen-bond donors (Lipinski definition) is 1. The summed E-state index contributed by atoms with van der Waals surface area (Å²) in [4.78, 5) is 24.1. The maximum absolute atomic E-state index is 13.5. The molecule has 190 valence electrons. The molecule has 0 spiro atoms. The fourth-order valence-corrected chi connectivity index (χ4v) is 5.49. The Morgan fingerprint density at radius 1 is 1.11 bits per heavy atom. The first kappa shape index (κ1) is 26.1. The van der Waals surface area contributed by atoms with Crippen LogP contribution in [-0.4, -0.2) is 33.9 Å². The van der Waals surface area contributed by atoms with E-state index in [1.807, 2.05) is 35.2 Å². The SMILES string of the molecule is C.O=C([C@H]1CC[C@@H](Cc2cc(-c3cccc(NCc4cccc(F)c4)n3)c(Cl)cn2)C1)N1CCCC1. The molecule has 2 fully saturated rings. The number of pyridine rings is 2. The molecule has 5 nitrogen and oxygen atoms in total. The monoisotopic (exact) mass is 508 g/mol. The Hall–Kier alpha value is -2.99.